The highest BCUT2D eigenvalue weighted by Gasteiger charge is 2.36. The molecule has 154 valence electrons. The molecule has 0 N–H and O–H groups in total. The van der Waals surface area contributed by atoms with Gasteiger partial charge in [-0.25, -0.2) is 4.79 Å². The van der Waals surface area contributed by atoms with Crippen molar-refractivity contribution in [2.75, 3.05) is 25.7 Å². The summed E-state index contributed by atoms with van der Waals surface area (Å²) in [6, 6.07) is 11.4. The summed E-state index contributed by atoms with van der Waals surface area (Å²) >= 11 is 0. The van der Waals surface area contributed by atoms with Gasteiger partial charge in [0.15, 0.2) is 0 Å². The standard InChI is InChI=1S/C24H30N2O3/c1-7-26-21-13-22(28-5)18(12-20(21)16(2)14-24(26,3)4)15-25-19-10-8-9-17(11-19)23(27)29-6/h8-13,15-16H,7,14H2,1-6H3. The van der Waals surface area contributed by atoms with Crippen LogP contribution in [0.5, 0.6) is 5.75 Å². The molecule has 1 aliphatic heterocycles. The van der Waals surface area contributed by atoms with E-state index in [0.29, 0.717) is 17.2 Å². The molecule has 1 heterocycles. The van der Waals surface area contributed by atoms with E-state index in [1.54, 1.807) is 31.5 Å². The molecule has 5 heteroatoms. The van der Waals surface area contributed by atoms with Crippen molar-refractivity contribution in [3.63, 3.8) is 0 Å². The van der Waals surface area contributed by atoms with Gasteiger partial charge in [-0.05, 0) is 62.9 Å². The van der Waals surface area contributed by atoms with E-state index in [0.717, 1.165) is 24.3 Å². The molecule has 0 bridgehead atoms. The highest BCUT2D eigenvalue weighted by atomic mass is 16.5. The lowest BCUT2D eigenvalue weighted by molar-refractivity contribution is 0.0601. The van der Waals surface area contributed by atoms with Crippen molar-refractivity contribution in [2.45, 2.75) is 45.6 Å². The summed E-state index contributed by atoms with van der Waals surface area (Å²) in [7, 11) is 3.06. The summed E-state index contributed by atoms with van der Waals surface area (Å²) < 4.78 is 10.5. The summed E-state index contributed by atoms with van der Waals surface area (Å²) in [4.78, 5) is 18.8. The minimum Gasteiger partial charge on any atom is -0.496 e. The number of anilines is 1. The van der Waals surface area contributed by atoms with Crippen LogP contribution in [-0.2, 0) is 4.74 Å². The number of hydrogen-bond donors (Lipinski definition) is 0. The van der Waals surface area contributed by atoms with E-state index in [1.807, 2.05) is 6.07 Å². The molecule has 0 aromatic heterocycles. The monoisotopic (exact) mass is 394 g/mol. The summed E-state index contributed by atoms with van der Waals surface area (Å²) in [6.07, 6.45) is 2.90. The van der Waals surface area contributed by atoms with Gasteiger partial charge in [-0.3, -0.25) is 4.99 Å². The summed E-state index contributed by atoms with van der Waals surface area (Å²) in [6.45, 7) is 10.0. The Morgan fingerprint density at radius 3 is 2.69 bits per heavy atom. The normalized spacial score (nSPS) is 17.9. The van der Waals surface area contributed by atoms with E-state index in [9.17, 15) is 4.79 Å². The molecular weight excluding hydrogens is 364 g/mol. The molecule has 1 unspecified atom stereocenters. The number of aliphatic imine (C=N–C) groups is 1. The molecule has 2 aromatic carbocycles. The molecular formula is C24H30N2O3. The Hall–Kier alpha value is -2.82. The van der Waals surface area contributed by atoms with Gasteiger partial charge in [0.1, 0.15) is 5.75 Å². The smallest absolute Gasteiger partial charge is 0.337 e. The van der Waals surface area contributed by atoms with E-state index in [4.69, 9.17) is 9.47 Å². The maximum absolute atomic E-state index is 11.7. The van der Waals surface area contributed by atoms with E-state index in [-0.39, 0.29) is 11.5 Å². The predicted octanol–water partition coefficient (Wildman–Crippen LogP) is 5.34. The third-order valence-electron chi connectivity index (χ3n) is 5.67. The van der Waals surface area contributed by atoms with E-state index >= 15 is 0 Å². The highest BCUT2D eigenvalue weighted by Crippen LogP contribution is 2.45. The van der Waals surface area contributed by atoms with Gasteiger partial charge < -0.3 is 14.4 Å². The number of fused-ring (bicyclic) bond motifs is 1. The molecule has 0 spiro atoms. The van der Waals surface area contributed by atoms with Crippen LogP contribution in [0.4, 0.5) is 11.4 Å². The second kappa shape index (κ2) is 8.27. The molecule has 0 fully saturated rings. The summed E-state index contributed by atoms with van der Waals surface area (Å²) in [5.41, 5.74) is 4.76. The highest BCUT2D eigenvalue weighted by molar-refractivity contribution is 5.91. The van der Waals surface area contributed by atoms with Gasteiger partial charge in [0, 0.05) is 35.6 Å². The maximum atomic E-state index is 11.7. The Labute approximate surface area is 173 Å². The number of carbonyl (C=O) groups is 1. The largest absolute Gasteiger partial charge is 0.496 e. The zero-order valence-corrected chi connectivity index (χ0v) is 18.2. The van der Waals surface area contributed by atoms with Gasteiger partial charge in [-0.1, -0.05) is 13.0 Å². The van der Waals surface area contributed by atoms with Crippen molar-refractivity contribution < 1.29 is 14.3 Å². The van der Waals surface area contributed by atoms with Gasteiger partial charge in [-0.15, -0.1) is 0 Å². The van der Waals surface area contributed by atoms with E-state index < -0.39 is 0 Å². The van der Waals surface area contributed by atoms with Crippen LogP contribution in [0, 0.1) is 0 Å². The molecule has 1 atom stereocenters. The van der Waals surface area contributed by atoms with E-state index in [2.05, 4.69) is 49.7 Å². The molecule has 2 aromatic rings. The van der Waals surface area contributed by atoms with Crippen molar-refractivity contribution in [1.29, 1.82) is 0 Å². The Morgan fingerprint density at radius 2 is 2.03 bits per heavy atom. The minimum absolute atomic E-state index is 0.107. The second-order valence-corrected chi connectivity index (χ2v) is 8.11. The number of benzene rings is 2. The van der Waals surface area contributed by atoms with Gasteiger partial charge in [0.05, 0.1) is 25.5 Å². The SMILES string of the molecule is CCN1c2cc(OC)c(C=Nc3cccc(C(=O)OC)c3)cc2C(C)CC1(C)C. The molecule has 1 aliphatic rings. The van der Waals surface area contributed by atoms with Crippen molar-refractivity contribution in [3.8, 4) is 5.75 Å². The van der Waals surface area contributed by atoms with Crippen LogP contribution >= 0.6 is 0 Å². The Kier molecular flexibility index (Phi) is 5.96. The van der Waals surface area contributed by atoms with Crippen LogP contribution < -0.4 is 9.64 Å². The lowest BCUT2D eigenvalue weighted by atomic mass is 9.79. The van der Waals surface area contributed by atoms with Crippen molar-refractivity contribution in [3.05, 3.63) is 53.1 Å². The molecule has 0 aliphatic carbocycles. The maximum Gasteiger partial charge on any atom is 0.337 e. The molecule has 5 nitrogen and oxygen atoms in total. The average molecular weight is 395 g/mol. The van der Waals surface area contributed by atoms with Crippen LogP contribution in [0.1, 0.15) is 61.5 Å². The van der Waals surface area contributed by atoms with Crippen LogP contribution in [0.3, 0.4) is 0 Å². The number of esters is 1. The molecule has 29 heavy (non-hydrogen) atoms. The van der Waals surface area contributed by atoms with Crippen molar-refractivity contribution in [2.24, 2.45) is 4.99 Å². The lowest BCUT2D eigenvalue weighted by Gasteiger charge is -2.47. The Bertz CT molecular complexity index is 934. The first-order chi connectivity index (χ1) is 13.8. The number of carbonyl (C=O) groups excluding carboxylic acids is 1. The quantitative estimate of drug-likeness (QED) is 0.507. The first-order valence-electron chi connectivity index (χ1n) is 10.0. The first-order valence-corrected chi connectivity index (χ1v) is 10.0. The van der Waals surface area contributed by atoms with Crippen LogP contribution in [0.25, 0.3) is 0 Å². The summed E-state index contributed by atoms with van der Waals surface area (Å²) in [5, 5.41) is 0. The van der Waals surface area contributed by atoms with Gasteiger partial charge in [0.2, 0.25) is 0 Å². The number of rotatable bonds is 5. The predicted molar refractivity (Wildman–Crippen MR) is 118 cm³/mol. The van der Waals surface area contributed by atoms with Gasteiger partial charge >= 0.3 is 5.97 Å². The average Bonchev–Trinajstić information content (AvgIpc) is 2.71. The Balaban J connectivity index is 2.00. The number of hydrogen-bond acceptors (Lipinski definition) is 5. The number of ether oxygens (including phenoxy) is 2. The topological polar surface area (TPSA) is 51.1 Å². The van der Waals surface area contributed by atoms with Gasteiger partial charge in [-0.2, -0.15) is 0 Å². The zero-order valence-electron chi connectivity index (χ0n) is 18.2. The fourth-order valence-corrected chi connectivity index (χ4v) is 4.38. The van der Waals surface area contributed by atoms with Crippen LogP contribution in [-0.4, -0.2) is 38.5 Å². The van der Waals surface area contributed by atoms with E-state index in [1.165, 1.54) is 18.4 Å². The lowest BCUT2D eigenvalue weighted by Crippen LogP contribution is -2.48. The summed E-state index contributed by atoms with van der Waals surface area (Å²) in [5.74, 6) is 0.869. The Morgan fingerprint density at radius 1 is 1.28 bits per heavy atom. The zero-order chi connectivity index (χ0) is 21.2. The van der Waals surface area contributed by atoms with Crippen LogP contribution in [0.2, 0.25) is 0 Å². The van der Waals surface area contributed by atoms with Gasteiger partial charge in [0.25, 0.3) is 0 Å². The molecule has 0 saturated heterocycles. The fourth-order valence-electron chi connectivity index (χ4n) is 4.38. The molecule has 0 amide bonds. The van der Waals surface area contributed by atoms with Crippen molar-refractivity contribution in [1.82, 2.24) is 0 Å². The molecule has 3 rings (SSSR count). The van der Waals surface area contributed by atoms with Crippen molar-refractivity contribution >= 4 is 23.6 Å². The molecule has 0 radical (unpaired) electrons. The number of methoxy groups -OCH3 is 2. The van der Waals surface area contributed by atoms with Crippen LogP contribution in [0.15, 0.2) is 41.4 Å². The molecule has 0 saturated carbocycles. The second-order valence-electron chi connectivity index (χ2n) is 8.11. The number of nitrogens with zero attached hydrogens (tertiary/aromatic N) is 2. The minimum atomic E-state index is -0.371. The fraction of sp³-hybridized carbons (Fsp3) is 0.417. The third kappa shape index (κ3) is 4.14. The first kappa shape index (κ1) is 20.9. The third-order valence-corrected chi connectivity index (χ3v) is 5.67.